The number of rotatable bonds is 6. The van der Waals surface area contributed by atoms with Crippen LogP contribution in [0.3, 0.4) is 0 Å². The van der Waals surface area contributed by atoms with E-state index in [1.807, 2.05) is 30.3 Å². The number of amides is 3. The zero-order chi connectivity index (χ0) is 20.8. The highest BCUT2D eigenvalue weighted by molar-refractivity contribution is 8.02. The van der Waals surface area contributed by atoms with Crippen LogP contribution < -0.4 is 10.6 Å². The molecule has 6 atom stereocenters. The monoisotopic (exact) mass is 417 g/mol. The van der Waals surface area contributed by atoms with Crippen LogP contribution in [0, 0.1) is 17.8 Å². The van der Waals surface area contributed by atoms with Crippen molar-refractivity contribution in [3.05, 3.63) is 35.9 Å². The van der Waals surface area contributed by atoms with Gasteiger partial charge in [-0.15, -0.1) is 11.8 Å². The third-order valence-corrected chi connectivity index (χ3v) is 8.77. The van der Waals surface area contributed by atoms with Crippen molar-refractivity contribution in [1.29, 1.82) is 0 Å². The maximum absolute atomic E-state index is 13.4. The van der Waals surface area contributed by atoms with Gasteiger partial charge >= 0.3 is 0 Å². The number of nitrogens with zero attached hydrogens (tertiary/aromatic N) is 1. The molecule has 3 saturated heterocycles. The third-order valence-electron chi connectivity index (χ3n) is 6.69. The second kappa shape index (κ2) is 7.65. The molecule has 3 heterocycles. The number of fused-ring (bicyclic) bond motifs is 1. The van der Waals surface area contributed by atoms with Crippen molar-refractivity contribution >= 4 is 29.5 Å². The molecule has 156 valence electrons. The van der Waals surface area contributed by atoms with Gasteiger partial charge in [-0.05, 0) is 17.9 Å². The molecule has 3 amide bonds. The van der Waals surface area contributed by atoms with Crippen molar-refractivity contribution < 1.29 is 19.5 Å². The molecule has 3 aliphatic heterocycles. The van der Waals surface area contributed by atoms with Crippen molar-refractivity contribution in [1.82, 2.24) is 15.5 Å². The number of carbonyl (C=O) groups is 3. The zero-order valence-electron chi connectivity index (χ0n) is 16.6. The average molecular weight is 418 g/mol. The van der Waals surface area contributed by atoms with Gasteiger partial charge in [-0.3, -0.25) is 14.4 Å². The van der Waals surface area contributed by atoms with Crippen LogP contribution >= 0.6 is 11.8 Å². The summed E-state index contributed by atoms with van der Waals surface area (Å²) in [4.78, 5) is 40.8. The van der Waals surface area contributed by atoms with E-state index in [0.717, 1.165) is 12.0 Å². The molecule has 0 aliphatic carbocycles. The van der Waals surface area contributed by atoms with E-state index in [2.05, 4.69) is 17.6 Å². The summed E-state index contributed by atoms with van der Waals surface area (Å²) in [5.41, 5.74) is 0.979. The Labute approximate surface area is 174 Å². The Kier molecular flexibility index (Phi) is 5.33. The maximum Gasteiger partial charge on any atom is 0.244 e. The van der Waals surface area contributed by atoms with Gasteiger partial charge in [0.2, 0.25) is 17.7 Å². The topological polar surface area (TPSA) is 98.7 Å². The average Bonchev–Trinajstić information content (AvgIpc) is 3.31. The first-order valence-corrected chi connectivity index (χ1v) is 11.0. The van der Waals surface area contributed by atoms with Crippen molar-refractivity contribution in [2.24, 2.45) is 17.8 Å². The normalized spacial score (nSPS) is 34.9. The Morgan fingerprint density at radius 1 is 1.28 bits per heavy atom. The lowest BCUT2D eigenvalue weighted by Crippen LogP contribution is -2.56. The maximum atomic E-state index is 13.4. The molecule has 29 heavy (non-hydrogen) atoms. The highest BCUT2D eigenvalue weighted by Gasteiger charge is 2.75. The smallest absolute Gasteiger partial charge is 0.244 e. The molecule has 2 bridgehead atoms. The van der Waals surface area contributed by atoms with Crippen molar-refractivity contribution in [2.75, 3.05) is 20.2 Å². The first-order chi connectivity index (χ1) is 14.0. The van der Waals surface area contributed by atoms with Gasteiger partial charge in [-0.1, -0.05) is 37.3 Å². The summed E-state index contributed by atoms with van der Waals surface area (Å²) in [6.45, 7) is 2.33. The third kappa shape index (κ3) is 2.95. The lowest BCUT2D eigenvalue weighted by Gasteiger charge is -2.38. The number of hydrogen-bond donors (Lipinski definition) is 3. The van der Waals surface area contributed by atoms with E-state index < -0.39 is 22.6 Å². The first kappa shape index (κ1) is 20.2. The first-order valence-electron chi connectivity index (χ1n) is 10.1. The lowest BCUT2D eigenvalue weighted by molar-refractivity contribution is -0.140. The fourth-order valence-electron chi connectivity index (χ4n) is 5.52. The minimum Gasteiger partial charge on any atom is -0.395 e. The van der Waals surface area contributed by atoms with Crippen molar-refractivity contribution in [2.45, 2.75) is 35.9 Å². The quantitative estimate of drug-likeness (QED) is 0.622. The summed E-state index contributed by atoms with van der Waals surface area (Å²) in [6.07, 6.45) is 0.808. The summed E-state index contributed by atoms with van der Waals surface area (Å²) in [6, 6.07) is 8.94. The molecule has 8 heteroatoms. The Morgan fingerprint density at radius 3 is 2.66 bits per heavy atom. The SMILES string of the molecule is CNC(=O)[C@@H]1[C@@H]2CC(C)C3(S2)C(C(=O)NCc2ccccc2)N(CCO)C(=O)[C@H]13. The Morgan fingerprint density at radius 2 is 2.00 bits per heavy atom. The largest absolute Gasteiger partial charge is 0.395 e. The van der Waals surface area contributed by atoms with Gasteiger partial charge in [0.1, 0.15) is 6.04 Å². The van der Waals surface area contributed by atoms with Gasteiger partial charge < -0.3 is 20.6 Å². The molecule has 1 aromatic carbocycles. The van der Waals surface area contributed by atoms with E-state index in [9.17, 15) is 19.5 Å². The minimum absolute atomic E-state index is 0.0413. The standard InChI is InChI=1S/C21H27N3O4S/c1-12-10-14-15(18(26)22-2)16-20(28)24(8-9-25)17(21(12,16)29-14)19(27)23-11-13-6-4-3-5-7-13/h3-7,12,14-17,25H,8-11H2,1-2H3,(H,22,26)(H,23,27)/t12?,14-,15+,16-,17?,21?/m0/s1. The van der Waals surface area contributed by atoms with Gasteiger partial charge in [-0.2, -0.15) is 0 Å². The van der Waals surface area contributed by atoms with Crippen molar-refractivity contribution in [3.63, 3.8) is 0 Å². The molecule has 3 N–H and O–H groups in total. The Hall–Kier alpha value is -2.06. The molecular formula is C21H27N3O4S. The molecule has 0 radical (unpaired) electrons. The molecule has 3 aliphatic rings. The van der Waals surface area contributed by atoms with Gasteiger partial charge in [0.05, 0.1) is 23.2 Å². The van der Waals surface area contributed by atoms with E-state index in [-0.39, 0.29) is 42.0 Å². The number of β-amino-alcohol motifs (C(OH)–C–C–N with tert-alkyl or cyclic N) is 1. The zero-order valence-corrected chi connectivity index (χ0v) is 17.4. The predicted octanol–water partition coefficient (Wildman–Crippen LogP) is 0.378. The van der Waals surface area contributed by atoms with E-state index in [0.29, 0.717) is 6.54 Å². The molecule has 1 spiro atoms. The van der Waals surface area contributed by atoms with Crippen LogP contribution in [0.25, 0.3) is 0 Å². The van der Waals surface area contributed by atoms with Crippen LogP contribution in [0.2, 0.25) is 0 Å². The number of hydrogen-bond acceptors (Lipinski definition) is 5. The highest BCUT2D eigenvalue weighted by atomic mass is 32.2. The second-order valence-corrected chi connectivity index (χ2v) is 9.67. The van der Waals surface area contributed by atoms with E-state index >= 15 is 0 Å². The van der Waals surface area contributed by atoms with Crippen LogP contribution in [-0.4, -0.2) is 64.0 Å². The molecule has 7 nitrogen and oxygen atoms in total. The number of aliphatic hydroxyl groups excluding tert-OH is 1. The lowest BCUT2D eigenvalue weighted by atomic mass is 9.66. The summed E-state index contributed by atoms with van der Waals surface area (Å²) in [5.74, 6) is -1.36. The molecular weight excluding hydrogens is 390 g/mol. The molecule has 3 unspecified atom stereocenters. The number of thioether (sulfide) groups is 1. The second-order valence-electron chi connectivity index (χ2n) is 8.13. The Balaban J connectivity index is 1.66. The molecule has 0 aromatic heterocycles. The summed E-state index contributed by atoms with van der Waals surface area (Å²) >= 11 is 1.64. The molecule has 3 fully saturated rings. The Bertz CT molecular complexity index is 819. The van der Waals surface area contributed by atoms with Crippen LogP contribution in [0.4, 0.5) is 0 Å². The van der Waals surface area contributed by atoms with Crippen molar-refractivity contribution in [3.8, 4) is 0 Å². The van der Waals surface area contributed by atoms with Gasteiger partial charge in [0, 0.05) is 25.4 Å². The fourth-order valence-corrected chi connectivity index (χ4v) is 7.94. The molecule has 4 rings (SSSR count). The van der Waals surface area contributed by atoms with Crippen LogP contribution in [0.5, 0.6) is 0 Å². The summed E-state index contributed by atoms with van der Waals surface area (Å²) in [7, 11) is 1.59. The number of nitrogens with one attached hydrogen (secondary N) is 2. The van der Waals surface area contributed by atoms with E-state index in [1.54, 1.807) is 18.8 Å². The molecule has 1 aromatic rings. The van der Waals surface area contributed by atoms with E-state index in [4.69, 9.17) is 0 Å². The number of carbonyl (C=O) groups excluding carboxylic acids is 3. The number of benzene rings is 1. The van der Waals surface area contributed by atoms with Crippen LogP contribution in [0.15, 0.2) is 30.3 Å². The van der Waals surface area contributed by atoms with Crippen LogP contribution in [0.1, 0.15) is 18.9 Å². The van der Waals surface area contributed by atoms with Gasteiger partial charge in [0.15, 0.2) is 0 Å². The number of likely N-dealkylation sites (tertiary alicyclic amines) is 1. The summed E-state index contributed by atoms with van der Waals surface area (Å²) < 4.78 is -0.630. The predicted molar refractivity (Wildman–Crippen MR) is 110 cm³/mol. The van der Waals surface area contributed by atoms with Gasteiger partial charge in [0.25, 0.3) is 0 Å². The molecule has 0 saturated carbocycles. The van der Waals surface area contributed by atoms with Crippen LogP contribution in [-0.2, 0) is 20.9 Å². The van der Waals surface area contributed by atoms with Gasteiger partial charge in [-0.25, -0.2) is 0 Å². The fraction of sp³-hybridized carbons (Fsp3) is 0.571. The highest BCUT2D eigenvalue weighted by Crippen LogP contribution is 2.68. The number of aliphatic hydroxyl groups is 1. The van der Waals surface area contributed by atoms with E-state index in [1.165, 1.54) is 4.90 Å². The minimum atomic E-state index is -0.685. The summed E-state index contributed by atoms with van der Waals surface area (Å²) in [5, 5.41) is 15.3.